The van der Waals surface area contributed by atoms with Crippen LogP contribution < -0.4 is 10.1 Å². The number of rotatable bonds is 4. The molecule has 0 heterocycles. The maximum absolute atomic E-state index is 6.05. The average Bonchev–Trinajstić information content (AvgIpc) is 2.38. The topological polar surface area (TPSA) is 21.3 Å². The van der Waals surface area contributed by atoms with Crippen LogP contribution in [0.25, 0.3) is 0 Å². The standard InChI is InChI=1S/C14H14ClNO/c1-16-12-6-8-13(9-7-12)17-10-11-4-2-3-5-14(11)15/h2-9,16H,10H2,1H3. The van der Waals surface area contributed by atoms with E-state index in [-0.39, 0.29) is 0 Å². The third kappa shape index (κ3) is 3.14. The van der Waals surface area contributed by atoms with Gasteiger partial charge in [0.25, 0.3) is 0 Å². The highest BCUT2D eigenvalue weighted by molar-refractivity contribution is 6.31. The molecule has 2 aromatic rings. The van der Waals surface area contributed by atoms with E-state index in [2.05, 4.69) is 5.32 Å². The molecule has 2 aromatic carbocycles. The predicted octanol–water partition coefficient (Wildman–Crippen LogP) is 3.96. The molecule has 2 nitrogen and oxygen atoms in total. The summed E-state index contributed by atoms with van der Waals surface area (Å²) < 4.78 is 5.66. The molecule has 88 valence electrons. The molecule has 0 amide bonds. The summed E-state index contributed by atoms with van der Waals surface area (Å²) >= 11 is 6.05. The molecular weight excluding hydrogens is 234 g/mol. The first-order valence-corrected chi connectivity index (χ1v) is 5.81. The minimum Gasteiger partial charge on any atom is -0.489 e. The molecule has 0 aliphatic heterocycles. The molecule has 0 saturated heterocycles. The van der Waals surface area contributed by atoms with E-state index in [1.807, 2.05) is 55.6 Å². The molecule has 0 aromatic heterocycles. The summed E-state index contributed by atoms with van der Waals surface area (Å²) in [6.07, 6.45) is 0. The maximum atomic E-state index is 6.05. The monoisotopic (exact) mass is 247 g/mol. The summed E-state index contributed by atoms with van der Waals surface area (Å²) in [5.74, 6) is 0.837. The van der Waals surface area contributed by atoms with Gasteiger partial charge < -0.3 is 10.1 Å². The average molecular weight is 248 g/mol. The number of anilines is 1. The molecule has 0 unspecified atom stereocenters. The Balaban J connectivity index is 2.00. The van der Waals surface area contributed by atoms with Gasteiger partial charge in [-0.05, 0) is 30.3 Å². The summed E-state index contributed by atoms with van der Waals surface area (Å²) in [5, 5.41) is 3.80. The third-order valence-corrected chi connectivity index (χ3v) is 2.86. The van der Waals surface area contributed by atoms with Crippen LogP contribution >= 0.6 is 11.6 Å². The third-order valence-electron chi connectivity index (χ3n) is 2.50. The van der Waals surface area contributed by atoms with E-state index in [0.717, 1.165) is 22.0 Å². The molecule has 0 atom stereocenters. The van der Waals surface area contributed by atoms with Gasteiger partial charge in [-0.1, -0.05) is 29.8 Å². The van der Waals surface area contributed by atoms with Gasteiger partial charge in [-0.3, -0.25) is 0 Å². The van der Waals surface area contributed by atoms with E-state index in [1.165, 1.54) is 0 Å². The van der Waals surface area contributed by atoms with Crippen molar-refractivity contribution in [2.45, 2.75) is 6.61 Å². The lowest BCUT2D eigenvalue weighted by Gasteiger charge is -2.08. The minimum atomic E-state index is 0.485. The van der Waals surface area contributed by atoms with Crippen LogP contribution in [0.5, 0.6) is 5.75 Å². The van der Waals surface area contributed by atoms with Crippen LogP contribution in [0.1, 0.15) is 5.56 Å². The van der Waals surface area contributed by atoms with Crippen LogP contribution in [-0.4, -0.2) is 7.05 Å². The van der Waals surface area contributed by atoms with Crippen molar-refractivity contribution in [1.29, 1.82) is 0 Å². The SMILES string of the molecule is CNc1ccc(OCc2ccccc2Cl)cc1. The van der Waals surface area contributed by atoms with Crippen LogP contribution in [0.3, 0.4) is 0 Å². The lowest BCUT2D eigenvalue weighted by molar-refractivity contribution is 0.306. The lowest BCUT2D eigenvalue weighted by atomic mass is 10.2. The molecule has 3 heteroatoms. The summed E-state index contributed by atoms with van der Waals surface area (Å²) in [7, 11) is 1.89. The highest BCUT2D eigenvalue weighted by Crippen LogP contribution is 2.19. The Hall–Kier alpha value is -1.67. The minimum absolute atomic E-state index is 0.485. The van der Waals surface area contributed by atoms with Crippen molar-refractivity contribution in [2.75, 3.05) is 12.4 Å². The van der Waals surface area contributed by atoms with Crippen molar-refractivity contribution >= 4 is 17.3 Å². The van der Waals surface area contributed by atoms with Gasteiger partial charge in [0.1, 0.15) is 12.4 Å². The summed E-state index contributed by atoms with van der Waals surface area (Å²) in [5.41, 5.74) is 2.06. The molecule has 0 saturated carbocycles. The highest BCUT2D eigenvalue weighted by atomic mass is 35.5. The van der Waals surface area contributed by atoms with Crippen LogP contribution in [0.4, 0.5) is 5.69 Å². The van der Waals surface area contributed by atoms with E-state index < -0.39 is 0 Å². The van der Waals surface area contributed by atoms with Gasteiger partial charge in [0, 0.05) is 23.3 Å². The van der Waals surface area contributed by atoms with Crippen LogP contribution in [0.15, 0.2) is 48.5 Å². The summed E-state index contributed by atoms with van der Waals surface area (Å²) in [6, 6.07) is 15.5. The quantitative estimate of drug-likeness (QED) is 0.883. The first-order chi connectivity index (χ1) is 8.29. The molecule has 0 radical (unpaired) electrons. The Kier molecular flexibility index (Phi) is 3.89. The Labute approximate surface area is 106 Å². The Morgan fingerprint density at radius 2 is 1.76 bits per heavy atom. The van der Waals surface area contributed by atoms with Crippen LogP contribution in [0, 0.1) is 0 Å². The second kappa shape index (κ2) is 5.60. The first-order valence-electron chi connectivity index (χ1n) is 5.43. The fourth-order valence-electron chi connectivity index (χ4n) is 1.49. The molecule has 2 rings (SSSR count). The second-order valence-corrected chi connectivity index (χ2v) is 4.06. The summed E-state index contributed by atoms with van der Waals surface area (Å²) in [6.45, 7) is 0.485. The lowest BCUT2D eigenvalue weighted by Crippen LogP contribution is -1.96. The number of hydrogen-bond donors (Lipinski definition) is 1. The molecule has 17 heavy (non-hydrogen) atoms. The van der Waals surface area contributed by atoms with Gasteiger partial charge in [0.05, 0.1) is 0 Å². The van der Waals surface area contributed by atoms with E-state index in [1.54, 1.807) is 0 Å². The number of hydrogen-bond acceptors (Lipinski definition) is 2. The van der Waals surface area contributed by atoms with Crippen molar-refractivity contribution in [2.24, 2.45) is 0 Å². The van der Waals surface area contributed by atoms with E-state index in [4.69, 9.17) is 16.3 Å². The summed E-state index contributed by atoms with van der Waals surface area (Å²) in [4.78, 5) is 0. The fourth-order valence-corrected chi connectivity index (χ4v) is 1.68. The predicted molar refractivity (Wildman–Crippen MR) is 71.8 cm³/mol. The van der Waals surface area contributed by atoms with Gasteiger partial charge in [-0.25, -0.2) is 0 Å². The van der Waals surface area contributed by atoms with Crippen molar-refractivity contribution in [1.82, 2.24) is 0 Å². The number of ether oxygens (including phenoxy) is 1. The van der Waals surface area contributed by atoms with E-state index in [9.17, 15) is 0 Å². The van der Waals surface area contributed by atoms with E-state index in [0.29, 0.717) is 6.61 Å². The second-order valence-electron chi connectivity index (χ2n) is 3.65. The zero-order valence-electron chi connectivity index (χ0n) is 9.61. The van der Waals surface area contributed by atoms with Gasteiger partial charge in [0.2, 0.25) is 0 Å². The van der Waals surface area contributed by atoms with Crippen molar-refractivity contribution in [3.05, 3.63) is 59.1 Å². The molecule has 1 N–H and O–H groups in total. The Morgan fingerprint density at radius 3 is 2.41 bits per heavy atom. The Bertz CT molecular complexity index is 482. The number of halogens is 1. The maximum Gasteiger partial charge on any atom is 0.119 e. The fraction of sp³-hybridized carbons (Fsp3) is 0.143. The normalized spacial score (nSPS) is 10.0. The van der Waals surface area contributed by atoms with Crippen molar-refractivity contribution in [3.8, 4) is 5.75 Å². The highest BCUT2D eigenvalue weighted by Gasteiger charge is 2.00. The van der Waals surface area contributed by atoms with Crippen molar-refractivity contribution in [3.63, 3.8) is 0 Å². The molecule has 0 bridgehead atoms. The molecule has 0 fully saturated rings. The molecular formula is C14H14ClNO. The Morgan fingerprint density at radius 1 is 1.06 bits per heavy atom. The molecule has 0 aliphatic carbocycles. The van der Waals surface area contributed by atoms with Crippen LogP contribution in [-0.2, 0) is 6.61 Å². The van der Waals surface area contributed by atoms with Crippen LogP contribution in [0.2, 0.25) is 5.02 Å². The van der Waals surface area contributed by atoms with Crippen molar-refractivity contribution < 1.29 is 4.74 Å². The first kappa shape index (κ1) is 11.8. The van der Waals surface area contributed by atoms with E-state index >= 15 is 0 Å². The zero-order chi connectivity index (χ0) is 12.1. The van der Waals surface area contributed by atoms with Gasteiger partial charge in [0.15, 0.2) is 0 Å². The van der Waals surface area contributed by atoms with Gasteiger partial charge in [-0.2, -0.15) is 0 Å². The molecule has 0 spiro atoms. The number of nitrogens with one attached hydrogen (secondary N) is 1. The van der Waals surface area contributed by atoms with Gasteiger partial charge in [-0.15, -0.1) is 0 Å². The largest absolute Gasteiger partial charge is 0.489 e. The smallest absolute Gasteiger partial charge is 0.119 e. The van der Waals surface area contributed by atoms with Gasteiger partial charge >= 0.3 is 0 Å². The number of benzene rings is 2. The molecule has 0 aliphatic rings. The zero-order valence-corrected chi connectivity index (χ0v) is 10.4.